The van der Waals surface area contributed by atoms with Gasteiger partial charge in [-0.05, 0) is 37.3 Å². The number of hydrogen-bond donors (Lipinski definition) is 0. The van der Waals surface area contributed by atoms with Gasteiger partial charge in [0.1, 0.15) is 11.5 Å². The minimum atomic E-state index is -4.65. The Kier molecular flexibility index (Phi) is 3.77. The van der Waals surface area contributed by atoms with Gasteiger partial charge < -0.3 is 9.47 Å². The molecule has 0 saturated carbocycles. The lowest BCUT2D eigenvalue weighted by molar-refractivity contribution is -0.146. The molecule has 2 heterocycles. The van der Waals surface area contributed by atoms with Crippen molar-refractivity contribution in [2.75, 3.05) is 6.61 Å². The standard InChI is InChI=1S/C14H11F3N4O2/c1-2-22-9-3-5-10(6-4-9)23-12-8-7-11-18-19-13(14(15,16)17)21(11)20-12/h3-8H,2H2,1H3. The number of aromatic nitrogens is 4. The van der Waals surface area contributed by atoms with E-state index in [1.165, 1.54) is 12.1 Å². The summed E-state index contributed by atoms with van der Waals surface area (Å²) in [5.41, 5.74) is -0.0173. The van der Waals surface area contributed by atoms with Crippen LogP contribution in [0.2, 0.25) is 0 Å². The first-order chi connectivity index (χ1) is 11.0. The van der Waals surface area contributed by atoms with Gasteiger partial charge in [-0.25, -0.2) is 0 Å². The molecule has 120 valence electrons. The number of fused-ring (bicyclic) bond motifs is 1. The smallest absolute Gasteiger partial charge is 0.453 e. The highest BCUT2D eigenvalue weighted by atomic mass is 19.4. The fourth-order valence-corrected chi connectivity index (χ4v) is 1.89. The van der Waals surface area contributed by atoms with Crippen LogP contribution in [0.5, 0.6) is 17.4 Å². The van der Waals surface area contributed by atoms with Crippen molar-refractivity contribution in [2.24, 2.45) is 0 Å². The summed E-state index contributed by atoms with van der Waals surface area (Å²) in [5, 5.41) is 10.3. The van der Waals surface area contributed by atoms with Gasteiger partial charge >= 0.3 is 6.18 Å². The maximum absolute atomic E-state index is 12.8. The van der Waals surface area contributed by atoms with E-state index in [4.69, 9.17) is 9.47 Å². The maximum atomic E-state index is 12.8. The molecule has 23 heavy (non-hydrogen) atoms. The Hall–Kier alpha value is -2.84. The van der Waals surface area contributed by atoms with E-state index >= 15 is 0 Å². The van der Waals surface area contributed by atoms with Gasteiger partial charge in [-0.1, -0.05) is 0 Å². The molecule has 0 atom stereocenters. The second-order valence-corrected chi connectivity index (χ2v) is 4.47. The van der Waals surface area contributed by atoms with Gasteiger partial charge in [0.2, 0.25) is 5.88 Å². The van der Waals surface area contributed by atoms with E-state index in [0.29, 0.717) is 22.6 Å². The van der Waals surface area contributed by atoms with Gasteiger partial charge in [-0.2, -0.15) is 17.7 Å². The lowest BCUT2D eigenvalue weighted by Crippen LogP contribution is -2.12. The molecular weight excluding hydrogens is 313 g/mol. The zero-order valence-corrected chi connectivity index (χ0v) is 11.9. The summed E-state index contributed by atoms with van der Waals surface area (Å²) in [6, 6.07) is 9.41. The van der Waals surface area contributed by atoms with Crippen molar-refractivity contribution in [2.45, 2.75) is 13.1 Å². The molecule has 0 N–H and O–H groups in total. The van der Waals surface area contributed by atoms with Crippen molar-refractivity contribution in [3.05, 3.63) is 42.2 Å². The van der Waals surface area contributed by atoms with Gasteiger partial charge in [-0.3, -0.25) is 0 Å². The Morgan fingerprint density at radius 3 is 2.35 bits per heavy atom. The summed E-state index contributed by atoms with van der Waals surface area (Å²) >= 11 is 0. The Morgan fingerprint density at radius 1 is 1.00 bits per heavy atom. The topological polar surface area (TPSA) is 61.5 Å². The quantitative estimate of drug-likeness (QED) is 0.736. The molecule has 0 aliphatic rings. The first-order valence-electron chi connectivity index (χ1n) is 6.68. The van der Waals surface area contributed by atoms with E-state index in [9.17, 15) is 13.2 Å². The van der Waals surface area contributed by atoms with Crippen LogP contribution in [0.1, 0.15) is 12.7 Å². The predicted molar refractivity (Wildman–Crippen MR) is 73.5 cm³/mol. The van der Waals surface area contributed by atoms with Crippen molar-refractivity contribution < 1.29 is 22.6 Å². The van der Waals surface area contributed by atoms with Gasteiger partial charge in [-0.15, -0.1) is 15.3 Å². The highest BCUT2D eigenvalue weighted by Gasteiger charge is 2.37. The third kappa shape index (κ3) is 3.17. The van der Waals surface area contributed by atoms with Crippen molar-refractivity contribution in [1.82, 2.24) is 19.8 Å². The minimum absolute atomic E-state index is 0.00744. The first kappa shape index (κ1) is 15.1. The molecule has 0 fully saturated rings. The van der Waals surface area contributed by atoms with E-state index < -0.39 is 12.0 Å². The molecule has 0 bridgehead atoms. The predicted octanol–water partition coefficient (Wildman–Crippen LogP) is 3.33. The van der Waals surface area contributed by atoms with Crippen molar-refractivity contribution in [1.29, 1.82) is 0 Å². The van der Waals surface area contributed by atoms with E-state index in [1.807, 2.05) is 6.92 Å². The lowest BCUT2D eigenvalue weighted by Gasteiger charge is -2.07. The third-order valence-electron chi connectivity index (χ3n) is 2.85. The summed E-state index contributed by atoms with van der Waals surface area (Å²) in [7, 11) is 0. The number of alkyl halides is 3. The van der Waals surface area contributed by atoms with Crippen LogP contribution in [0.3, 0.4) is 0 Å². The van der Waals surface area contributed by atoms with Gasteiger partial charge in [0.25, 0.3) is 5.82 Å². The second kappa shape index (κ2) is 5.75. The average molecular weight is 324 g/mol. The number of halogens is 3. The van der Waals surface area contributed by atoms with Crippen molar-refractivity contribution in [3.8, 4) is 17.4 Å². The SMILES string of the molecule is CCOc1ccc(Oc2ccc3nnc(C(F)(F)F)n3n2)cc1. The van der Waals surface area contributed by atoms with Crippen molar-refractivity contribution in [3.63, 3.8) is 0 Å². The van der Waals surface area contributed by atoms with Crippen LogP contribution in [-0.4, -0.2) is 26.4 Å². The molecule has 3 aromatic rings. The molecule has 0 saturated heterocycles. The van der Waals surface area contributed by atoms with E-state index in [1.54, 1.807) is 24.3 Å². The Balaban J connectivity index is 1.88. The Morgan fingerprint density at radius 2 is 1.70 bits per heavy atom. The fraction of sp³-hybridized carbons (Fsp3) is 0.214. The summed E-state index contributed by atoms with van der Waals surface area (Å²) in [5.74, 6) is -0.125. The van der Waals surface area contributed by atoms with Gasteiger partial charge in [0.15, 0.2) is 5.65 Å². The summed E-state index contributed by atoms with van der Waals surface area (Å²) in [4.78, 5) is 0. The summed E-state index contributed by atoms with van der Waals surface area (Å²) in [6.45, 7) is 2.40. The monoisotopic (exact) mass is 324 g/mol. The number of nitrogens with zero attached hydrogens (tertiary/aromatic N) is 4. The van der Waals surface area contributed by atoms with E-state index in [2.05, 4.69) is 15.3 Å². The zero-order chi connectivity index (χ0) is 16.4. The van der Waals surface area contributed by atoms with E-state index in [0.717, 1.165) is 0 Å². The number of ether oxygens (including phenoxy) is 2. The van der Waals surface area contributed by atoms with Crippen molar-refractivity contribution >= 4 is 5.65 Å². The molecule has 0 unspecified atom stereocenters. The molecule has 9 heteroatoms. The van der Waals surface area contributed by atoms with Crippen LogP contribution in [0, 0.1) is 0 Å². The lowest BCUT2D eigenvalue weighted by atomic mass is 10.3. The van der Waals surface area contributed by atoms with Gasteiger partial charge in [0.05, 0.1) is 6.61 Å². The molecule has 1 aromatic carbocycles. The minimum Gasteiger partial charge on any atom is -0.494 e. The molecule has 0 spiro atoms. The molecule has 3 rings (SSSR count). The Labute approximate surface area is 128 Å². The first-order valence-corrected chi connectivity index (χ1v) is 6.68. The maximum Gasteiger partial charge on any atom is 0.453 e. The highest BCUT2D eigenvalue weighted by molar-refractivity contribution is 5.39. The average Bonchev–Trinajstić information content (AvgIpc) is 2.93. The molecule has 0 amide bonds. The number of rotatable bonds is 4. The highest BCUT2D eigenvalue weighted by Crippen LogP contribution is 2.28. The molecule has 0 aliphatic heterocycles. The van der Waals surface area contributed by atoms with E-state index in [-0.39, 0.29) is 11.5 Å². The molecule has 0 aliphatic carbocycles. The van der Waals surface area contributed by atoms with Crippen LogP contribution in [0.4, 0.5) is 13.2 Å². The summed E-state index contributed by atoms with van der Waals surface area (Å²) < 4.78 is 49.8. The Bertz CT molecular complexity index is 815. The van der Waals surface area contributed by atoms with Crippen LogP contribution in [0.15, 0.2) is 36.4 Å². The van der Waals surface area contributed by atoms with Crippen LogP contribution >= 0.6 is 0 Å². The summed E-state index contributed by atoms with van der Waals surface area (Å²) in [6.07, 6.45) is -4.65. The molecule has 6 nitrogen and oxygen atoms in total. The van der Waals surface area contributed by atoms with Crippen LogP contribution in [-0.2, 0) is 6.18 Å². The van der Waals surface area contributed by atoms with Gasteiger partial charge in [0, 0.05) is 6.07 Å². The largest absolute Gasteiger partial charge is 0.494 e. The number of hydrogen-bond acceptors (Lipinski definition) is 5. The normalized spacial score (nSPS) is 11.7. The molecule has 0 radical (unpaired) electrons. The molecular formula is C14H11F3N4O2. The number of benzene rings is 1. The van der Waals surface area contributed by atoms with Crippen LogP contribution < -0.4 is 9.47 Å². The third-order valence-corrected chi connectivity index (χ3v) is 2.85. The van der Waals surface area contributed by atoms with Crippen LogP contribution in [0.25, 0.3) is 5.65 Å². The molecule has 2 aromatic heterocycles. The fourth-order valence-electron chi connectivity index (χ4n) is 1.89. The second-order valence-electron chi connectivity index (χ2n) is 4.47. The zero-order valence-electron chi connectivity index (χ0n) is 11.9.